The Kier molecular flexibility index (Phi) is 4.48. The van der Waals surface area contributed by atoms with E-state index in [9.17, 15) is 9.59 Å². The average molecular weight is 373 g/mol. The van der Waals surface area contributed by atoms with Gasteiger partial charge in [0.15, 0.2) is 0 Å². The van der Waals surface area contributed by atoms with Crippen molar-refractivity contribution < 1.29 is 9.59 Å². The average Bonchev–Trinajstić information content (AvgIpc) is 2.93. The topological polar surface area (TPSA) is 49.4 Å². The number of hydrogen-bond donors (Lipinski definition) is 1. The van der Waals surface area contributed by atoms with Crippen molar-refractivity contribution >= 4 is 39.1 Å². The number of nitrogens with one attached hydrogen (secondary N) is 1. The number of anilines is 2. The summed E-state index contributed by atoms with van der Waals surface area (Å²) in [4.78, 5) is 26.3. The highest BCUT2D eigenvalue weighted by Crippen LogP contribution is 2.27. The van der Waals surface area contributed by atoms with Crippen molar-refractivity contribution in [2.45, 2.75) is 13.3 Å². The zero-order valence-corrected chi connectivity index (χ0v) is 14.3. The van der Waals surface area contributed by atoms with E-state index in [1.54, 1.807) is 4.90 Å². The minimum absolute atomic E-state index is 0.0103. The van der Waals surface area contributed by atoms with Gasteiger partial charge in [0.25, 0.3) is 0 Å². The predicted octanol–water partition coefficient (Wildman–Crippen LogP) is 3.75. The normalized spacial score (nSPS) is 17.4. The van der Waals surface area contributed by atoms with Crippen molar-refractivity contribution in [1.82, 2.24) is 0 Å². The molecule has 0 saturated carbocycles. The van der Waals surface area contributed by atoms with E-state index in [0.717, 1.165) is 21.4 Å². The highest BCUT2D eigenvalue weighted by atomic mass is 79.9. The van der Waals surface area contributed by atoms with Crippen LogP contribution < -0.4 is 10.2 Å². The van der Waals surface area contributed by atoms with Crippen LogP contribution in [0.5, 0.6) is 0 Å². The monoisotopic (exact) mass is 372 g/mol. The lowest BCUT2D eigenvalue weighted by Gasteiger charge is -2.17. The molecule has 2 aromatic carbocycles. The fraction of sp³-hybridized carbons (Fsp3) is 0.222. The summed E-state index contributed by atoms with van der Waals surface area (Å²) in [6.07, 6.45) is 0.246. The lowest BCUT2D eigenvalue weighted by Crippen LogP contribution is -2.28. The van der Waals surface area contributed by atoms with Crippen LogP contribution in [0.25, 0.3) is 0 Å². The van der Waals surface area contributed by atoms with Crippen LogP contribution in [0.4, 0.5) is 11.4 Å². The highest BCUT2D eigenvalue weighted by Gasteiger charge is 2.35. The maximum Gasteiger partial charge on any atom is 0.229 e. The first-order valence-electron chi connectivity index (χ1n) is 7.47. The zero-order chi connectivity index (χ0) is 16.4. The first-order chi connectivity index (χ1) is 11.0. The number of aryl methyl sites for hydroxylation is 1. The largest absolute Gasteiger partial charge is 0.326 e. The van der Waals surface area contributed by atoms with Gasteiger partial charge in [0.2, 0.25) is 11.8 Å². The number of hydrogen-bond acceptors (Lipinski definition) is 2. The van der Waals surface area contributed by atoms with Gasteiger partial charge in [0, 0.05) is 28.8 Å². The fourth-order valence-electron chi connectivity index (χ4n) is 2.74. The first-order valence-corrected chi connectivity index (χ1v) is 8.26. The van der Waals surface area contributed by atoms with E-state index >= 15 is 0 Å². The molecule has 1 N–H and O–H groups in total. The van der Waals surface area contributed by atoms with Crippen LogP contribution in [0.3, 0.4) is 0 Å². The van der Waals surface area contributed by atoms with Gasteiger partial charge in [-0.3, -0.25) is 9.59 Å². The molecule has 4 nitrogen and oxygen atoms in total. The predicted molar refractivity (Wildman–Crippen MR) is 94.4 cm³/mol. The standard InChI is InChI=1S/C18H17BrN2O2/c1-12-9-14(19)7-8-16(12)20-18(23)13-10-17(22)21(11-13)15-5-3-2-4-6-15/h2-9,13H,10-11H2,1H3,(H,20,23). The molecule has 1 fully saturated rings. The summed E-state index contributed by atoms with van der Waals surface area (Å²) in [6.45, 7) is 2.36. The molecule has 1 atom stereocenters. The van der Waals surface area contributed by atoms with Crippen molar-refractivity contribution in [3.63, 3.8) is 0 Å². The molecule has 23 heavy (non-hydrogen) atoms. The van der Waals surface area contributed by atoms with Gasteiger partial charge in [-0.2, -0.15) is 0 Å². The molecule has 1 aliphatic rings. The van der Waals surface area contributed by atoms with Crippen LogP contribution in [-0.2, 0) is 9.59 Å². The molecule has 3 rings (SSSR count). The van der Waals surface area contributed by atoms with Gasteiger partial charge in [-0.05, 0) is 42.8 Å². The molecule has 0 spiro atoms. The lowest BCUT2D eigenvalue weighted by atomic mass is 10.1. The van der Waals surface area contributed by atoms with Crippen LogP contribution in [0, 0.1) is 12.8 Å². The van der Waals surface area contributed by atoms with Gasteiger partial charge in [-0.1, -0.05) is 34.1 Å². The lowest BCUT2D eigenvalue weighted by molar-refractivity contribution is -0.122. The summed E-state index contributed by atoms with van der Waals surface area (Å²) < 4.78 is 0.972. The molecule has 2 amide bonds. The Balaban J connectivity index is 1.71. The second-order valence-electron chi connectivity index (χ2n) is 5.69. The zero-order valence-electron chi connectivity index (χ0n) is 12.8. The maximum atomic E-state index is 12.5. The number of halogens is 1. The Hall–Kier alpha value is -2.14. The van der Waals surface area contributed by atoms with E-state index in [1.807, 2.05) is 55.5 Å². The number of nitrogens with zero attached hydrogens (tertiary/aromatic N) is 1. The molecule has 1 aliphatic heterocycles. The summed E-state index contributed by atoms with van der Waals surface area (Å²) in [6, 6.07) is 15.2. The Morgan fingerprint density at radius 3 is 2.65 bits per heavy atom. The molecule has 0 aliphatic carbocycles. The molecular weight excluding hydrogens is 356 g/mol. The van der Waals surface area contributed by atoms with Crippen molar-refractivity contribution in [3.05, 3.63) is 58.6 Å². The van der Waals surface area contributed by atoms with Gasteiger partial charge in [0.1, 0.15) is 0 Å². The number of carbonyl (C=O) groups is 2. The highest BCUT2D eigenvalue weighted by molar-refractivity contribution is 9.10. The Morgan fingerprint density at radius 1 is 1.22 bits per heavy atom. The first kappa shape index (κ1) is 15.7. The molecule has 1 saturated heterocycles. The van der Waals surface area contributed by atoms with Crippen molar-refractivity contribution in [2.24, 2.45) is 5.92 Å². The van der Waals surface area contributed by atoms with Crippen LogP contribution >= 0.6 is 15.9 Å². The summed E-state index contributed by atoms with van der Waals surface area (Å²) in [5.41, 5.74) is 2.60. The molecule has 5 heteroatoms. The van der Waals surface area contributed by atoms with E-state index in [0.29, 0.717) is 6.54 Å². The fourth-order valence-corrected chi connectivity index (χ4v) is 3.22. The van der Waals surface area contributed by atoms with Crippen LogP contribution in [-0.4, -0.2) is 18.4 Å². The van der Waals surface area contributed by atoms with Crippen LogP contribution in [0.15, 0.2) is 53.0 Å². The summed E-state index contributed by atoms with van der Waals surface area (Å²) in [5, 5.41) is 2.93. The molecule has 118 valence electrons. The number of amides is 2. The Labute approximate surface area is 143 Å². The molecule has 0 aromatic heterocycles. The third kappa shape index (κ3) is 3.45. The van der Waals surface area contributed by atoms with E-state index < -0.39 is 0 Å². The molecule has 0 bridgehead atoms. The van der Waals surface area contributed by atoms with Gasteiger partial charge in [-0.15, -0.1) is 0 Å². The number of rotatable bonds is 3. The maximum absolute atomic E-state index is 12.5. The van der Waals surface area contributed by atoms with E-state index in [-0.39, 0.29) is 24.2 Å². The quantitative estimate of drug-likeness (QED) is 0.891. The van der Waals surface area contributed by atoms with Crippen molar-refractivity contribution in [3.8, 4) is 0 Å². The van der Waals surface area contributed by atoms with E-state index in [4.69, 9.17) is 0 Å². The molecular formula is C18H17BrN2O2. The summed E-state index contributed by atoms with van der Waals surface area (Å²) in [7, 11) is 0. The Bertz CT molecular complexity index is 746. The summed E-state index contributed by atoms with van der Waals surface area (Å²) >= 11 is 3.41. The van der Waals surface area contributed by atoms with Gasteiger partial charge in [-0.25, -0.2) is 0 Å². The van der Waals surface area contributed by atoms with E-state index in [2.05, 4.69) is 21.2 Å². The second kappa shape index (κ2) is 6.54. The molecule has 1 heterocycles. The van der Waals surface area contributed by atoms with E-state index in [1.165, 1.54) is 0 Å². The third-order valence-electron chi connectivity index (χ3n) is 4.01. The van der Waals surface area contributed by atoms with Crippen molar-refractivity contribution in [2.75, 3.05) is 16.8 Å². The third-order valence-corrected chi connectivity index (χ3v) is 4.50. The smallest absolute Gasteiger partial charge is 0.229 e. The SMILES string of the molecule is Cc1cc(Br)ccc1NC(=O)C1CC(=O)N(c2ccccc2)C1. The van der Waals surface area contributed by atoms with Crippen molar-refractivity contribution in [1.29, 1.82) is 0 Å². The molecule has 2 aromatic rings. The minimum Gasteiger partial charge on any atom is -0.326 e. The van der Waals surface area contributed by atoms with Crippen LogP contribution in [0.2, 0.25) is 0 Å². The Morgan fingerprint density at radius 2 is 1.96 bits per heavy atom. The minimum atomic E-state index is -0.328. The number of benzene rings is 2. The molecule has 0 radical (unpaired) electrons. The molecule has 1 unspecified atom stereocenters. The van der Waals surface area contributed by atoms with Gasteiger partial charge < -0.3 is 10.2 Å². The van der Waals surface area contributed by atoms with Gasteiger partial charge in [0.05, 0.1) is 5.92 Å². The number of carbonyl (C=O) groups excluding carboxylic acids is 2. The number of para-hydroxylation sites is 1. The van der Waals surface area contributed by atoms with Crippen LogP contribution in [0.1, 0.15) is 12.0 Å². The summed E-state index contributed by atoms with van der Waals surface area (Å²) in [5.74, 6) is -0.447. The van der Waals surface area contributed by atoms with Gasteiger partial charge >= 0.3 is 0 Å². The second-order valence-corrected chi connectivity index (χ2v) is 6.61.